The maximum absolute atomic E-state index is 6.06. The molecule has 0 saturated heterocycles. The molecule has 23 heavy (non-hydrogen) atoms. The van der Waals surface area contributed by atoms with Gasteiger partial charge in [0.25, 0.3) is 0 Å². The second-order valence-electron chi connectivity index (χ2n) is 4.67. The van der Waals surface area contributed by atoms with Crippen LogP contribution in [0.5, 0.6) is 11.5 Å². The Hall–Kier alpha value is -1.56. The highest BCUT2D eigenvalue weighted by molar-refractivity contribution is 7.99. The van der Waals surface area contributed by atoms with Crippen molar-refractivity contribution in [2.45, 2.75) is 5.16 Å². The summed E-state index contributed by atoms with van der Waals surface area (Å²) in [7, 11) is 1.64. The molecule has 0 atom stereocenters. The van der Waals surface area contributed by atoms with E-state index in [1.54, 1.807) is 37.1 Å². The smallest absolute Gasteiger partial charge is 0.166 e. The van der Waals surface area contributed by atoms with Crippen molar-refractivity contribution in [2.24, 2.45) is 0 Å². The van der Waals surface area contributed by atoms with Crippen LogP contribution in [0.1, 0.15) is 0 Å². The van der Waals surface area contributed by atoms with Gasteiger partial charge >= 0.3 is 0 Å². The molecule has 0 spiro atoms. The van der Waals surface area contributed by atoms with Gasteiger partial charge in [-0.2, -0.15) is 0 Å². The van der Waals surface area contributed by atoms with Crippen molar-refractivity contribution in [1.82, 2.24) is 9.97 Å². The third-order valence-electron chi connectivity index (χ3n) is 3.15. The summed E-state index contributed by atoms with van der Waals surface area (Å²) in [6.07, 6.45) is 0. The predicted octanol–water partition coefficient (Wildman–Crippen LogP) is 5.05. The number of halogens is 2. The first-order valence-electron chi connectivity index (χ1n) is 6.91. The zero-order chi connectivity index (χ0) is 16.2. The molecule has 120 valence electrons. The first kappa shape index (κ1) is 16.3. The lowest BCUT2D eigenvalue weighted by Crippen LogP contribution is -2.01. The molecule has 1 heterocycles. The summed E-state index contributed by atoms with van der Waals surface area (Å²) in [6, 6.07) is 11.0. The summed E-state index contributed by atoms with van der Waals surface area (Å²) in [6.45, 7) is 0.481. The van der Waals surface area contributed by atoms with Crippen LogP contribution < -0.4 is 9.47 Å². The number of fused-ring (bicyclic) bond motifs is 1. The molecule has 0 fully saturated rings. The second kappa shape index (κ2) is 7.34. The van der Waals surface area contributed by atoms with E-state index in [9.17, 15) is 0 Å². The number of nitrogens with zero attached hydrogens (tertiary/aromatic N) is 1. The molecule has 4 nitrogen and oxygen atoms in total. The highest BCUT2D eigenvalue weighted by atomic mass is 35.5. The monoisotopic (exact) mass is 368 g/mol. The number of rotatable bonds is 6. The molecule has 0 unspecified atom stereocenters. The first-order chi connectivity index (χ1) is 11.2. The van der Waals surface area contributed by atoms with Gasteiger partial charge in [-0.25, -0.2) is 4.98 Å². The van der Waals surface area contributed by atoms with Crippen LogP contribution in [0.15, 0.2) is 41.6 Å². The lowest BCUT2D eigenvalue weighted by atomic mass is 10.3. The number of ether oxygens (including phenoxy) is 2. The average Bonchev–Trinajstić information content (AvgIpc) is 2.95. The number of H-pyrrole nitrogens is 1. The first-order valence-corrected chi connectivity index (χ1v) is 8.65. The van der Waals surface area contributed by atoms with Crippen LogP contribution in [0.4, 0.5) is 0 Å². The van der Waals surface area contributed by atoms with E-state index in [-0.39, 0.29) is 0 Å². The largest absolute Gasteiger partial charge is 0.497 e. The molecule has 0 radical (unpaired) electrons. The van der Waals surface area contributed by atoms with Crippen molar-refractivity contribution in [2.75, 3.05) is 19.5 Å². The van der Waals surface area contributed by atoms with E-state index in [0.29, 0.717) is 22.4 Å². The fourth-order valence-corrected chi connectivity index (χ4v) is 3.27. The standard InChI is InChI=1S/C16H14Cl2N2O2S/c1-21-10-5-6-13-14(9-10)20-16(19-13)23-8-7-22-15-11(17)3-2-4-12(15)18/h2-6,9H,7-8H2,1H3,(H,19,20). The highest BCUT2D eigenvalue weighted by Crippen LogP contribution is 2.32. The number of para-hydroxylation sites is 1. The molecule has 3 rings (SSSR count). The molecular weight excluding hydrogens is 355 g/mol. The van der Waals surface area contributed by atoms with Crippen molar-refractivity contribution in [3.63, 3.8) is 0 Å². The van der Waals surface area contributed by atoms with Gasteiger partial charge in [0.1, 0.15) is 5.75 Å². The Morgan fingerprint density at radius 1 is 1.17 bits per heavy atom. The molecule has 0 saturated carbocycles. The molecular formula is C16H14Cl2N2O2S. The maximum Gasteiger partial charge on any atom is 0.166 e. The fraction of sp³-hybridized carbons (Fsp3) is 0.188. The lowest BCUT2D eigenvalue weighted by molar-refractivity contribution is 0.344. The van der Waals surface area contributed by atoms with Gasteiger partial charge in [0.15, 0.2) is 10.9 Å². The molecule has 0 amide bonds. The second-order valence-corrected chi connectivity index (χ2v) is 6.57. The molecule has 0 bridgehead atoms. The minimum absolute atomic E-state index is 0.481. The Balaban J connectivity index is 1.58. The molecule has 0 aliphatic heterocycles. The zero-order valence-corrected chi connectivity index (χ0v) is 14.6. The van der Waals surface area contributed by atoms with Gasteiger partial charge in [-0.3, -0.25) is 0 Å². The summed E-state index contributed by atoms with van der Waals surface area (Å²) in [5.41, 5.74) is 1.85. The maximum atomic E-state index is 6.06. The molecule has 7 heteroatoms. The van der Waals surface area contributed by atoms with Crippen LogP contribution in [0.2, 0.25) is 10.0 Å². The van der Waals surface area contributed by atoms with Gasteiger partial charge in [-0.05, 0) is 24.3 Å². The number of imidazole rings is 1. The fourth-order valence-electron chi connectivity index (χ4n) is 2.06. The third kappa shape index (κ3) is 3.86. The topological polar surface area (TPSA) is 47.1 Å². The van der Waals surface area contributed by atoms with Crippen LogP contribution in [0.3, 0.4) is 0 Å². The molecule has 2 aromatic carbocycles. The number of aromatic amines is 1. The third-order valence-corrected chi connectivity index (χ3v) is 4.59. The summed E-state index contributed by atoms with van der Waals surface area (Å²) in [5.74, 6) is 2.04. The van der Waals surface area contributed by atoms with Crippen molar-refractivity contribution in [3.8, 4) is 11.5 Å². The van der Waals surface area contributed by atoms with Gasteiger partial charge in [0.2, 0.25) is 0 Å². The number of aromatic nitrogens is 2. The number of thioether (sulfide) groups is 1. The minimum Gasteiger partial charge on any atom is -0.497 e. The van der Waals surface area contributed by atoms with Crippen LogP contribution in [-0.4, -0.2) is 29.4 Å². The number of hydrogen-bond donors (Lipinski definition) is 1. The molecule has 1 aromatic heterocycles. The highest BCUT2D eigenvalue weighted by Gasteiger charge is 2.08. The van der Waals surface area contributed by atoms with Crippen molar-refractivity contribution >= 4 is 46.0 Å². The Morgan fingerprint density at radius 2 is 1.96 bits per heavy atom. The van der Waals surface area contributed by atoms with E-state index in [2.05, 4.69) is 9.97 Å². The van der Waals surface area contributed by atoms with E-state index in [1.807, 2.05) is 18.2 Å². The van der Waals surface area contributed by atoms with Gasteiger partial charge < -0.3 is 14.5 Å². The van der Waals surface area contributed by atoms with Gasteiger partial charge in [0, 0.05) is 11.8 Å². The molecule has 0 aliphatic rings. The van der Waals surface area contributed by atoms with Gasteiger partial charge in [0.05, 0.1) is 34.8 Å². The number of methoxy groups -OCH3 is 1. The van der Waals surface area contributed by atoms with Crippen LogP contribution >= 0.6 is 35.0 Å². The van der Waals surface area contributed by atoms with E-state index in [4.69, 9.17) is 32.7 Å². The van der Waals surface area contributed by atoms with Crippen molar-refractivity contribution in [3.05, 3.63) is 46.4 Å². The Bertz CT molecular complexity index is 803. The normalized spacial score (nSPS) is 10.9. The number of benzene rings is 2. The summed E-state index contributed by atoms with van der Waals surface area (Å²) in [4.78, 5) is 7.77. The van der Waals surface area contributed by atoms with Crippen LogP contribution in [-0.2, 0) is 0 Å². The average molecular weight is 369 g/mol. The van der Waals surface area contributed by atoms with E-state index >= 15 is 0 Å². The Kier molecular flexibility index (Phi) is 5.20. The van der Waals surface area contributed by atoms with Gasteiger partial charge in [-0.15, -0.1) is 0 Å². The quantitative estimate of drug-likeness (QED) is 0.488. The van der Waals surface area contributed by atoms with E-state index in [1.165, 1.54) is 0 Å². The predicted molar refractivity (Wildman–Crippen MR) is 95.3 cm³/mol. The number of hydrogen-bond acceptors (Lipinski definition) is 4. The summed E-state index contributed by atoms with van der Waals surface area (Å²) in [5, 5.41) is 1.86. The van der Waals surface area contributed by atoms with Crippen LogP contribution in [0.25, 0.3) is 11.0 Å². The zero-order valence-electron chi connectivity index (χ0n) is 12.3. The van der Waals surface area contributed by atoms with Crippen molar-refractivity contribution < 1.29 is 9.47 Å². The summed E-state index contributed by atoms with van der Waals surface area (Å²) >= 11 is 13.7. The van der Waals surface area contributed by atoms with Gasteiger partial charge in [-0.1, -0.05) is 41.0 Å². The Morgan fingerprint density at radius 3 is 2.70 bits per heavy atom. The molecule has 3 aromatic rings. The lowest BCUT2D eigenvalue weighted by Gasteiger charge is -2.08. The van der Waals surface area contributed by atoms with E-state index < -0.39 is 0 Å². The van der Waals surface area contributed by atoms with Crippen molar-refractivity contribution in [1.29, 1.82) is 0 Å². The summed E-state index contributed by atoms with van der Waals surface area (Å²) < 4.78 is 10.9. The molecule has 1 N–H and O–H groups in total. The minimum atomic E-state index is 0.481. The number of nitrogens with one attached hydrogen (secondary N) is 1. The Labute approximate surface area is 148 Å². The SMILES string of the molecule is COc1ccc2nc(SCCOc3c(Cl)cccc3Cl)[nH]c2c1. The van der Waals surface area contributed by atoms with E-state index in [0.717, 1.165) is 27.7 Å². The molecule has 0 aliphatic carbocycles. The van der Waals surface area contributed by atoms with Crippen LogP contribution in [0, 0.1) is 0 Å².